The van der Waals surface area contributed by atoms with Gasteiger partial charge in [0.1, 0.15) is 0 Å². The minimum Gasteiger partial charge on any atom is -0.408 e. The highest BCUT2D eigenvalue weighted by atomic mass is 16.4. The molecule has 0 aliphatic carbocycles. The number of aromatic nitrogens is 2. The van der Waals surface area contributed by atoms with Crippen molar-refractivity contribution in [2.75, 3.05) is 18.4 Å². The minimum absolute atomic E-state index is 0.0236. The molecular formula is C6H11N5O2. The average Bonchev–Trinajstić information content (AvgIpc) is 2.50. The van der Waals surface area contributed by atoms with Crippen LogP contribution in [0.4, 0.5) is 6.01 Å². The van der Waals surface area contributed by atoms with E-state index < -0.39 is 5.91 Å². The van der Waals surface area contributed by atoms with Crippen LogP contribution in [0, 0.1) is 0 Å². The maximum absolute atomic E-state index is 10.4. The van der Waals surface area contributed by atoms with E-state index in [1.165, 1.54) is 0 Å². The molecule has 0 fully saturated rings. The van der Waals surface area contributed by atoms with Crippen LogP contribution in [0.15, 0.2) is 4.42 Å². The second-order valence-corrected chi connectivity index (χ2v) is 2.36. The van der Waals surface area contributed by atoms with Crippen LogP contribution in [0.1, 0.15) is 5.89 Å². The molecule has 0 bridgehead atoms. The quantitative estimate of drug-likeness (QED) is 0.511. The molecule has 1 rings (SSSR count). The number of anilines is 1. The van der Waals surface area contributed by atoms with Crippen LogP contribution < -0.4 is 16.8 Å². The number of nitrogens with two attached hydrogens (primary N) is 2. The van der Waals surface area contributed by atoms with Gasteiger partial charge in [-0.1, -0.05) is 5.10 Å². The molecule has 5 N–H and O–H groups in total. The van der Waals surface area contributed by atoms with Crippen molar-refractivity contribution in [1.29, 1.82) is 0 Å². The van der Waals surface area contributed by atoms with E-state index in [9.17, 15) is 4.79 Å². The van der Waals surface area contributed by atoms with E-state index in [1.807, 2.05) is 0 Å². The molecule has 0 aliphatic heterocycles. The Morgan fingerprint density at radius 3 is 2.92 bits per heavy atom. The second-order valence-electron chi connectivity index (χ2n) is 2.36. The van der Waals surface area contributed by atoms with E-state index in [1.54, 1.807) is 0 Å². The van der Waals surface area contributed by atoms with Crippen molar-refractivity contribution >= 4 is 11.9 Å². The first-order valence-electron chi connectivity index (χ1n) is 3.77. The Morgan fingerprint density at radius 2 is 2.31 bits per heavy atom. The number of carbonyl (C=O) groups excluding carboxylic acids is 1. The van der Waals surface area contributed by atoms with Crippen LogP contribution in [0.25, 0.3) is 0 Å². The highest BCUT2D eigenvalue weighted by molar-refractivity contribution is 5.78. The minimum atomic E-state index is -0.487. The van der Waals surface area contributed by atoms with Gasteiger partial charge in [-0.05, 0) is 0 Å². The smallest absolute Gasteiger partial charge is 0.315 e. The SMILES string of the molecule is NCCc1nnc(NCC(N)=O)o1. The summed E-state index contributed by atoms with van der Waals surface area (Å²) in [5, 5.41) is 9.86. The zero-order chi connectivity index (χ0) is 9.68. The number of nitrogens with zero attached hydrogens (tertiary/aromatic N) is 2. The van der Waals surface area contributed by atoms with Crippen molar-refractivity contribution < 1.29 is 9.21 Å². The molecular weight excluding hydrogens is 174 g/mol. The summed E-state index contributed by atoms with van der Waals surface area (Å²) < 4.78 is 5.05. The fourth-order valence-electron chi connectivity index (χ4n) is 0.712. The molecule has 1 amide bonds. The van der Waals surface area contributed by atoms with E-state index in [2.05, 4.69) is 15.5 Å². The number of carbonyl (C=O) groups is 1. The molecule has 0 radical (unpaired) electrons. The maximum atomic E-state index is 10.4. The number of hydrogen-bond donors (Lipinski definition) is 3. The highest BCUT2D eigenvalue weighted by Gasteiger charge is 2.04. The summed E-state index contributed by atoms with van der Waals surface area (Å²) in [7, 11) is 0. The molecule has 0 unspecified atom stereocenters. The summed E-state index contributed by atoms with van der Waals surface area (Å²) in [5.41, 5.74) is 10.2. The van der Waals surface area contributed by atoms with Crippen molar-refractivity contribution in [2.24, 2.45) is 11.5 Å². The van der Waals surface area contributed by atoms with Gasteiger partial charge in [-0.25, -0.2) is 0 Å². The lowest BCUT2D eigenvalue weighted by Crippen LogP contribution is -2.21. The van der Waals surface area contributed by atoms with Gasteiger partial charge in [-0.3, -0.25) is 4.79 Å². The number of hydrogen-bond acceptors (Lipinski definition) is 6. The Morgan fingerprint density at radius 1 is 1.54 bits per heavy atom. The van der Waals surface area contributed by atoms with E-state index in [0.717, 1.165) is 0 Å². The summed E-state index contributed by atoms with van der Waals surface area (Å²) in [5.74, 6) is -0.0481. The lowest BCUT2D eigenvalue weighted by molar-refractivity contribution is -0.116. The number of amides is 1. The van der Waals surface area contributed by atoms with Crippen LogP contribution in [0.5, 0.6) is 0 Å². The first kappa shape index (κ1) is 9.46. The standard InChI is InChI=1S/C6H11N5O2/c7-2-1-5-10-11-6(13-5)9-3-4(8)12/h1-3,7H2,(H2,8,12)(H,9,11). The molecule has 0 aromatic carbocycles. The third-order valence-corrected chi connectivity index (χ3v) is 1.24. The molecule has 13 heavy (non-hydrogen) atoms. The fraction of sp³-hybridized carbons (Fsp3) is 0.500. The lowest BCUT2D eigenvalue weighted by Gasteiger charge is -1.94. The Kier molecular flexibility index (Phi) is 3.21. The van der Waals surface area contributed by atoms with E-state index in [4.69, 9.17) is 15.9 Å². The summed E-state index contributed by atoms with van der Waals surface area (Å²) in [4.78, 5) is 10.4. The Bertz CT molecular complexity index is 284. The van der Waals surface area contributed by atoms with Gasteiger partial charge in [-0.2, -0.15) is 0 Å². The summed E-state index contributed by atoms with van der Waals surface area (Å²) in [6, 6.07) is 0.183. The van der Waals surface area contributed by atoms with Gasteiger partial charge in [0.15, 0.2) is 0 Å². The maximum Gasteiger partial charge on any atom is 0.315 e. The number of nitrogens with one attached hydrogen (secondary N) is 1. The molecule has 7 heteroatoms. The zero-order valence-corrected chi connectivity index (χ0v) is 6.99. The molecule has 7 nitrogen and oxygen atoms in total. The van der Waals surface area contributed by atoms with Crippen LogP contribution in [-0.2, 0) is 11.2 Å². The zero-order valence-electron chi connectivity index (χ0n) is 6.99. The third-order valence-electron chi connectivity index (χ3n) is 1.24. The summed E-state index contributed by atoms with van der Waals surface area (Å²) >= 11 is 0. The fourth-order valence-corrected chi connectivity index (χ4v) is 0.712. The lowest BCUT2D eigenvalue weighted by atomic mass is 10.4. The van der Waals surface area contributed by atoms with Crippen molar-refractivity contribution in [3.63, 3.8) is 0 Å². The predicted octanol–water partition coefficient (Wildman–Crippen LogP) is -1.53. The molecule has 0 aliphatic rings. The first-order valence-corrected chi connectivity index (χ1v) is 3.77. The van der Waals surface area contributed by atoms with Gasteiger partial charge >= 0.3 is 6.01 Å². The van der Waals surface area contributed by atoms with Crippen molar-refractivity contribution in [3.8, 4) is 0 Å². The van der Waals surface area contributed by atoms with Crippen LogP contribution >= 0.6 is 0 Å². The number of primary amides is 1. The summed E-state index contributed by atoms with van der Waals surface area (Å²) in [6.45, 7) is 0.418. The molecule has 0 spiro atoms. The largest absolute Gasteiger partial charge is 0.408 e. The number of rotatable bonds is 5. The molecule has 0 saturated heterocycles. The first-order chi connectivity index (χ1) is 6.22. The van der Waals surface area contributed by atoms with Gasteiger partial charge in [0.05, 0.1) is 6.54 Å². The topological polar surface area (TPSA) is 120 Å². The molecule has 0 atom stereocenters. The monoisotopic (exact) mass is 185 g/mol. The van der Waals surface area contributed by atoms with Crippen molar-refractivity contribution in [2.45, 2.75) is 6.42 Å². The Labute approximate surface area is 74.5 Å². The molecule has 1 heterocycles. The second kappa shape index (κ2) is 4.41. The highest BCUT2D eigenvalue weighted by Crippen LogP contribution is 2.04. The molecule has 72 valence electrons. The van der Waals surface area contributed by atoms with E-state index in [0.29, 0.717) is 18.9 Å². The van der Waals surface area contributed by atoms with E-state index >= 15 is 0 Å². The third kappa shape index (κ3) is 3.08. The van der Waals surface area contributed by atoms with Gasteiger partial charge in [0.2, 0.25) is 11.8 Å². The normalized spacial score (nSPS) is 9.92. The van der Waals surface area contributed by atoms with Crippen LogP contribution in [0.2, 0.25) is 0 Å². The summed E-state index contributed by atoms with van der Waals surface area (Å²) in [6.07, 6.45) is 0.519. The molecule has 0 saturated carbocycles. The van der Waals surface area contributed by atoms with Gasteiger partial charge in [0, 0.05) is 13.0 Å². The van der Waals surface area contributed by atoms with E-state index in [-0.39, 0.29) is 12.6 Å². The van der Waals surface area contributed by atoms with Crippen LogP contribution in [-0.4, -0.2) is 29.2 Å². The predicted molar refractivity (Wildman–Crippen MR) is 44.7 cm³/mol. The Balaban J connectivity index is 2.44. The van der Waals surface area contributed by atoms with Gasteiger partial charge in [-0.15, -0.1) is 5.10 Å². The average molecular weight is 185 g/mol. The van der Waals surface area contributed by atoms with Crippen molar-refractivity contribution in [3.05, 3.63) is 5.89 Å². The molecule has 1 aromatic heterocycles. The van der Waals surface area contributed by atoms with Gasteiger partial charge < -0.3 is 21.2 Å². The molecule has 1 aromatic rings. The van der Waals surface area contributed by atoms with Crippen LogP contribution in [0.3, 0.4) is 0 Å². The Hall–Kier alpha value is -1.63. The van der Waals surface area contributed by atoms with Gasteiger partial charge in [0.25, 0.3) is 0 Å². The van der Waals surface area contributed by atoms with Crippen molar-refractivity contribution in [1.82, 2.24) is 10.2 Å².